The number of hydrogen-bond acceptors (Lipinski definition) is 5. The summed E-state index contributed by atoms with van der Waals surface area (Å²) in [4.78, 5) is 0. The summed E-state index contributed by atoms with van der Waals surface area (Å²) in [5, 5.41) is 11.0. The third kappa shape index (κ3) is 5.16. The lowest BCUT2D eigenvalue weighted by atomic mass is 10.4. The van der Waals surface area contributed by atoms with E-state index in [2.05, 4.69) is 5.32 Å². The van der Waals surface area contributed by atoms with Gasteiger partial charge in [0.2, 0.25) is 5.09 Å². The van der Waals surface area contributed by atoms with Gasteiger partial charge in [0.1, 0.15) is 12.4 Å². The molecule has 1 aromatic rings. The minimum atomic E-state index is -4.15. The Hall–Kier alpha value is -1.03. The average Bonchev–Trinajstić information content (AvgIpc) is 2.87. The molecular weight excluding hydrogens is 294 g/mol. The third-order valence-corrected chi connectivity index (χ3v) is 3.65. The SMILES string of the molecule is CCCNCc1ccc(S(=O)(=O)NCC(F)(F)CO)o1. The van der Waals surface area contributed by atoms with Crippen LogP contribution in [0.2, 0.25) is 0 Å². The fourth-order valence-electron chi connectivity index (χ4n) is 1.31. The van der Waals surface area contributed by atoms with Crippen molar-refractivity contribution >= 4 is 10.0 Å². The Morgan fingerprint density at radius 2 is 2.10 bits per heavy atom. The minimum absolute atomic E-state index is 0.357. The van der Waals surface area contributed by atoms with Gasteiger partial charge < -0.3 is 14.8 Å². The quantitative estimate of drug-likeness (QED) is 0.583. The predicted octanol–water partition coefficient (Wildman–Crippen LogP) is 0.685. The van der Waals surface area contributed by atoms with Gasteiger partial charge in [-0.2, -0.15) is 0 Å². The van der Waals surface area contributed by atoms with Gasteiger partial charge in [-0.25, -0.2) is 21.9 Å². The lowest BCUT2D eigenvalue weighted by Gasteiger charge is -2.13. The summed E-state index contributed by atoms with van der Waals surface area (Å²) in [5.41, 5.74) is 0. The zero-order valence-electron chi connectivity index (χ0n) is 11.0. The first kappa shape index (κ1) is 17.0. The van der Waals surface area contributed by atoms with Gasteiger partial charge in [-0.3, -0.25) is 0 Å². The molecule has 1 heterocycles. The van der Waals surface area contributed by atoms with E-state index in [1.165, 1.54) is 12.1 Å². The average molecular weight is 312 g/mol. The normalized spacial score (nSPS) is 12.8. The van der Waals surface area contributed by atoms with Crippen molar-refractivity contribution < 1.29 is 26.7 Å². The molecule has 6 nitrogen and oxygen atoms in total. The van der Waals surface area contributed by atoms with E-state index in [-0.39, 0.29) is 0 Å². The van der Waals surface area contributed by atoms with Gasteiger partial charge in [0.05, 0.1) is 13.1 Å². The monoisotopic (exact) mass is 312 g/mol. The van der Waals surface area contributed by atoms with Crippen molar-refractivity contribution in [3.8, 4) is 0 Å². The first-order chi connectivity index (χ1) is 9.30. The van der Waals surface area contributed by atoms with Crippen molar-refractivity contribution in [2.24, 2.45) is 0 Å². The number of aliphatic hydroxyl groups is 1. The second-order valence-electron chi connectivity index (χ2n) is 4.24. The van der Waals surface area contributed by atoms with Gasteiger partial charge in [-0.05, 0) is 25.1 Å². The molecule has 0 spiro atoms. The second-order valence-corrected chi connectivity index (χ2v) is 5.93. The van der Waals surface area contributed by atoms with Crippen LogP contribution in [-0.2, 0) is 16.6 Å². The van der Waals surface area contributed by atoms with Gasteiger partial charge in [0.15, 0.2) is 0 Å². The molecule has 9 heteroatoms. The van der Waals surface area contributed by atoms with E-state index in [0.29, 0.717) is 12.3 Å². The highest BCUT2D eigenvalue weighted by molar-refractivity contribution is 7.89. The molecule has 1 aromatic heterocycles. The van der Waals surface area contributed by atoms with Crippen LogP contribution in [0.5, 0.6) is 0 Å². The van der Waals surface area contributed by atoms with Crippen LogP contribution in [0, 0.1) is 0 Å². The van der Waals surface area contributed by atoms with Crippen LogP contribution in [-0.4, -0.2) is 39.1 Å². The van der Waals surface area contributed by atoms with Crippen LogP contribution in [0.3, 0.4) is 0 Å². The Labute approximate surface area is 116 Å². The number of hydrogen-bond donors (Lipinski definition) is 3. The zero-order valence-corrected chi connectivity index (χ0v) is 11.8. The van der Waals surface area contributed by atoms with Crippen molar-refractivity contribution in [2.45, 2.75) is 30.9 Å². The van der Waals surface area contributed by atoms with E-state index in [9.17, 15) is 17.2 Å². The Morgan fingerprint density at radius 1 is 1.40 bits per heavy atom. The van der Waals surface area contributed by atoms with Crippen LogP contribution in [0.1, 0.15) is 19.1 Å². The summed E-state index contributed by atoms with van der Waals surface area (Å²) in [6.45, 7) is 0.478. The van der Waals surface area contributed by atoms with Crippen LogP contribution in [0.25, 0.3) is 0 Å². The predicted molar refractivity (Wildman–Crippen MR) is 67.9 cm³/mol. The summed E-state index contributed by atoms with van der Waals surface area (Å²) < 4.78 is 55.7. The van der Waals surface area contributed by atoms with Crippen molar-refractivity contribution in [3.63, 3.8) is 0 Å². The highest BCUT2D eigenvalue weighted by Gasteiger charge is 2.31. The molecule has 0 radical (unpaired) electrons. The fraction of sp³-hybridized carbons (Fsp3) is 0.636. The molecule has 20 heavy (non-hydrogen) atoms. The number of halogens is 2. The molecular formula is C11H18F2N2O4S. The number of alkyl halides is 2. The largest absolute Gasteiger partial charge is 0.447 e. The molecule has 0 saturated heterocycles. The van der Waals surface area contributed by atoms with Gasteiger partial charge in [0, 0.05) is 0 Å². The van der Waals surface area contributed by atoms with Crippen LogP contribution < -0.4 is 10.0 Å². The second kappa shape index (κ2) is 7.11. The Morgan fingerprint density at radius 3 is 2.70 bits per heavy atom. The standard InChI is InChI=1S/C11H18F2N2O4S/c1-2-5-14-6-9-3-4-10(19-9)20(17,18)15-7-11(12,13)8-16/h3-4,14-16H,2,5-8H2,1H3. The van der Waals surface area contributed by atoms with Crippen LogP contribution in [0.15, 0.2) is 21.6 Å². The van der Waals surface area contributed by atoms with Gasteiger partial charge in [-0.1, -0.05) is 6.92 Å². The maximum atomic E-state index is 12.8. The number of rotatable bonds is 9. The van der Waals surface area contributed by atoms with Crippen molar-refractivity contribution in [1.29, 1.82) is 0 Å². The molecule has 0 amide bonds. The fourth-order valence-corrected chi connectivity index (χ4v) is 2.32. The lowest BCUT2D eigenvalue weighted by Crippen LogP contribution is -2.38. The van der Waals surface area contributed by atoms with E-state index in [1.807, 2.05) is 6.92 Å². The minimum Gasteiger partial charge on any atom is -0.447 e. The smallest absolute Gasteiger partial charge is 0.283 e. The molecule has 0 aliphatic rings. The zero-order chi connectivity index (χ0) is 15.2. The van der Waals surface area contributed by atoms with Crippen molar-refractivity contribution in [3.05, 3.63) is 17.9 Å². The maximum absolute atomic E-state index is 12.8. The summed E-state index contributed by atoms with van der Waals surface area (Å²) in [5.74, 6) is -3.11. The molecule has 116 valence electrons. The molecule has 1 rings (SSSR count). The Balaban J connectivity index is 2.64. The third-order valence-electron chi connectivity index (χ3n) is 2.38. The summed E-state index contributed by atoms with van der Waals surface area (Å²) >= 11 is 0. The Bertz CT molecular complexity index is 516. The molecule has 0 aliphatic heterocycles. The first-order valence-corrected chi connectivity index (χ1v) is 7.57. The number of nitrogens with one attached hydrogen (secondary N) is 2. The van der Waals surface area contributed by atoms with Gasteiger partial charge in [0.25, 0.3) is 15.9 Å². The van der Waals surface area contributed by atoms with E-state index >= 15 is 0 Å². The topological polar surface area (TPSA) is 91.6 Å². The van der Waals surface area contributed by atoms with Crippen molar-refractivity contribution in [1.82, 2.24) is 10.0 Å². The van der Waals surface area contributed by atoms with E-state index in [1.54, 1.807) is 4.72 Å². The van der Waals surface area contributed by atoms with Crippen molar-refractivity contribution in [2.75, 3.05) is 19.7 Å². The summed E-state index contributed by atoms with van der Waals surface area (Å²) in [7, 11) is -4.15. The summed E-state index contributed by atoms with van der Waals surface area (Å²) in [6, 6.07) is 2.66. The first-order valence-electron chi connectivity index (χ1n) is 6.08. The number of aliphatic hydroxyl groups excluding tert-OH is 1. The lowest BCUT2D eigenvalue weighted by molar-refractivity contribution is -0.0437. The number of sulfonamides is 1. The number of furan rings is 1. The molecule has 0 aromatic carbocycles. The molecule has 3 N–H and O–H groups in total. The Kier molecular flexibility index (Phi) is 6.06. The molecule has 0 aliphatic carbocycles. The molecule has 0 fully saturated rings. The highest BCUT2D eigenvalue weighted by atomic mass is 32.2. The highest BCUT2D eigenvalue weighted by Crippen LogP contribution is 2.16. The molecule has 0 saturated carbocycles. The summed E-state index contributed by atoms with van der Waals surface area (Å²) in [6.07, 6.45) is 0.920. The maximum Gasteiger partial charge on any atom is 0.283 e. The van der Waals surface area contributed by atoms with Crippen LogP contribution in [0.4, 0.5) is 8.78 Å². The van der Waals surface area contributed by atoms with E-state index in [4.69, 9.17) is 9.52 Å². The van der Waals surface area contributed by atoms with Gasteiger partial charge >= 0.3 is 0 Å². The van der Waals surface area contributed by atoms with Crippen LogP contribution >= 0.6 is 0 Å². The van der Waals surface area contributed by atoms with E-state index < -0.39 is 34.2 Å². The molecule has 0 atom stereocenters. The van der Waals surface area contributed by atoms with E-state index in [0.717, 1.165) is 13.0 Å². The molecule has 0 bridgehead atoms. The van der Waals surface area contributed by atoms with Gasteiger partial charge in [-0.15, -0.1) is 0 Å². The molecule has 0 unspecified atom stereocenters.